The molecule has 0 aliphatic heterocycles. The van der Waals surface area contributed by atoms with E-state index in [1.54, 1.807) is 20.2 Å². The molecule has 0 saturated heterocycles. The molecule has 0 spiro atoms. The minimum absolute atomic E-state index is 0.419. The Balaban J connectivity index is 2.84. The van der Waals surface area contributed by atoms with E-state index in [2.05, 4.69) is 22.2 Å². The van der Waals surface area contributed by atoms with Crippen molar-refractivity contribution < 1.29 is 4.84 Å². The van der Waals surface area contributed by atoms with Gasteiger partial charge in [-0.1, -0.05) is 6.92 Å². The lowest BCUT2D eigenvalue weighted by Crippen LogP contribution is -2.18. The van der Waals surface area contributed by atoms with Gasteiger partial charge in [-0.05, 0) is 6.42 Å². The third kappa shape index (κ3) is 3.25. The van der Waals surface area contributed by atoms with Gasteiger partial charge in [0, 0.05) is 19.7 Å². The highest BCUT2D eigenvalue weighted by molar-refractivity contribution is 5.49. The van der Waals surface area contributed by atoms with Crippen molar-refractivity contribution in [3.8, 4) is 0 Å². The number of nitrogen functional groups attached to an aromatic ring is 1. The topological polar surface area (TPSA) is 76.3 Å². The largest absolute Gasteiger partial charge is 0.383 e. The molecular formula is C9H17N5O. The zero-order chi connectivity index (χ0) is 11.3. The Morgan fingerprint density at radius 2 is 2.27 bits per heavy atom. The summed E-state index contributed by atoms with van der Waals surface area (Å²) in [5.41, 5.74) is 5.65. The first-order chi connectivity index (χ1) is 7.17. The second-order valence-electron chi connectivity index (χ2n) is 3.08. The fraction of sp³-hybridized carbons (Fsp3) is 0.556. The fourth-order valence-corrected chi connectivity index (χ4v) is 1.02. The van der Waals surface area contributed by atoms with Crippen molar-refractivity contribution in [2.24, 2.45) is 0 Å². The van der Waals surface area contributed by atoms with Crippen molar-refractivity contribution in [1.82, 2.24) is 9.97 Å². The quantitative estimate of drug-likeness (QED) is 0.704. The lowest BCUT2D eigenvalue weighted by atomic mass is 10.5. The summed E-state index contributed by atoms with van der Waals surface area (Å²) in [7, 11) is 3.32. The van der Waals surface area contributed by atoms with E-state index in [-0.39, 0.29) is 0 Å². The van der Waals surface area contributed by atoms with Gasteiger partial charge < -0.3 is 11.1 Å². The number of nitrogens with zero attached hydrogens (tertiary/aromatic N) is 3. The highest BCUT2D eigenvalue weighted by Gasteiger charge is 2.05. The minimum atomic E-state index is 0.419. The van der Waals surface area contributed by atoms with E-state index in [4.69, 9.17) is 10.6 Å². The van der Waals surface area contributed by atoms with Gasteiger partial charge in [0.05, 0.1) is 7.11 Å². The summed E-state index contributed by atoms with van der Waals surface area (Å²) in [6, 6.07) is 1.65. The second-order valence-corrected chi connectivity index (χ2v) is 3.08. The number of nitrogens with two attached hydrogens (primary N) is 1. The highest BCUT2D eigenvalue weighted by atomic mass is 16.7. The molecule has 1 heterocycles. The first kappa shape index (κ1) is 11.5. The van der Waals surface area contributed by atoms with E-state index in [0.717, 1.165) is 13.0 Å². The minimum Gasteiger partial charge on any atom is -0.383 e. The van der Waals surface area contributed by atoms with Gasteiger partial charge in [-0.15, -0.1) is 0 Å². The molecule has 0 amide bonds. The molecule has 84 valence electrons. The molecule has 0 unspecified atom stereocenters. The van der Waals surface area contributed by atoms with Crippen LogP contribution in [-0.4, -0.2) is 30.7 Å². The van der Waals surface area contributed by atoms with Gasteiger partial charge >= 0.3 is 0 Å². The Morgan fingerprint density at radius 3 is 2.87 bits per heavy atom. The van der Waals surface area contributed by atoms with E-state index >= 15 is 0 Å². The molecule has 0 bridgehead atoms. The van der Waals surface area contributed by atoms with Crippen LogP contribution < -0.4 is 16.1 Å². The summed E-state index contributed by atoms with van der Waals surface area (Å²) in [6.07, 6.45) is 1.01. The van der Waals surface area contributed by atoms with Crippen molar-refractivity contribution in [2.45, 2.75) is 13.3 Å². The van der Waals surface area contributed by atoms with Gasteiger partial charge in [-0.3, -0.25) is 4.84 Å². The Bertz CT molecular complexity index is 317. The Labute approximate surface area is 89.4 Å². The van der Waals surface area contributed by atoms with Crippen LogP contribution in [0.2, 0.25) is 0 Å². The maximum atomic E-state index is 5.65. The molecule has 0 saturated carbocycles. The number of anilines is 3. The molecular weight excluding hydrogens is 194 g/mol. The summed E-state index contributed by atoms with van der Waals surface area (Å²) < 4.78 is 0. The van der Waals surface area contributed by atoms with Crippen LogP contribution in [0.1, 0.15) is 13.3 Å². The van der Waals surface area contributed by atoms with Crippen molar-refractivity contribution >= 4 is 17.6 Å². The average molecular weight is 211 g/mol. The molecule has 0 fully saturated rings. The van der Waals surface area contributed by atoms with Gasteiger partial charge in [0.25, 0.3) is 0 Å². The van der Waals surface area contributed by atoms with Gasteiger partial charge in [-0.25, -0.2) is 5.06 Å². The summed E-state index contributed by atoms with van der Waals surface area (Å²) in [4.78, 5) is 13.3. The van der Waals surface area contributed by atoms with Crippen LogP contribution >= 0.6 is 0 Å². The third-order valence-corrected chi connectivity index (χ3v) is 1.86. The van der Waals surface area contributed by atoms with Crippen molar-refractivity contribution in [1.29, 1.82) is 0 Å². The number of hydroxylamine groups is 1. The summed E-state index contributed by atoms with van der Waals surface area (Å²) in [5.74, 6) is 1.57. The summed E-state index contributed by atoms with van der Waals surface area (Å²) in [6.45, 7) is 2.89. The monoisotopic (exact) mass is 211 g/mol. The second kappa shape index (κ2) is 5.35. The van der Waals surface area contributed by atoms with Crippen LogP contribution in [0.5, 0.6) is 0 Å². The first-order valence-electron chi connectivity index (χ1n) is 4.83. The first-order valence-corrected chi connectivity index (χ1v) is 4.83. The van der Waals surface area contributed by atoms with E-state index in [1.165, 1.54) is 5.06 Å². The molecule has 0 radical (unpaired) electrons. The van der Waals surface area contributed by atoms with Crippen LogP contribution in [0.15, 0.2) is 6.07 Å². The van der Waals surface area contributed by atoms with Crippen LogP contribution in [0.3, 0.4) is 0 Å². The smallest absolute Gasteiger partial charge is 0.226 e. The van der Waals surface area contributed by atoms with Gasteiger partial charge in [0.1, 0.15) is 5.82 Å². The van der Waals surface area contributed by atoms with E-state index in [9.17, 15) is 0 Å². The maximum Gasteiger partial charge on any atom is 0.226 e. The third-order valence-electron chi connectivity index (χ3n) is 1.86. The normalized spacial score (nSPS) is 10.1. The van der Waals surface area contributed by atoms with Gasteiger partial charge in [0.2, 0.25) is 5.95 Å². The summed E-state index contributed by atoms with van der Waals surface area (Å²) >= 11 is 0. The van der Waals surface area contributed by atoms with E-state index < -0.39 is 0 Å². The lowest BCUT2D eigenvalue weighted by Gasteiger charge is -2.15. The molecule has 0 aromatic carbocycles. The van der Waals surface area contributed by atoms with Crippen molar-refractivity contribution in [2.75, 3.05) is 36.8 Å². The van der Waals surface area contributed by atoms with E-state index in [0.29, 0.717) is 17.6 Å². The molecule has 6 nitrogen and oxygen atoms in total. The standard InChI is InChI=1S/C9H17N5O/c1-4-5-11-9-12-7(10)6-8(13-9)14(2)15-3/h6H,4-5H2,1-3H3,(H3,10,11,12,13). The Kier molecular flexibility index (Phi) is 4.11. The molecule has 1 aromatic heterocycles. The van der Waals surface area contributed by atoms with Gasteiger partial charge in [-0.2, -0.15) is 9.97 Å². The Morgan fingerprint density at radius 1 is 1.53 bits per heavy atom. The molecule has 1 aromatic rings. The van der Waals surface area contributed by atoms with Gasteiger partial charge in [0.15, 0.2) is 5.82 Å². The molecule has 0 atom stereocenters. The zero-order valence-electron chi connectivity index (χ0n) is 9.32. The summed E-state index contributed by atoms with van der Waals surface area (Å²) in [5, 5.41) is 4.59. The molecule has 6 heteroatoms. The average Bonchev–Trinajstić information content (AvgIpc) is 2.24. The van der Waals surface area contributed by atoms with Crippen LogP contribution in [0.4, 0.5) is 17.6 Å². The highest BCUT2D eigenvalue weighted by Crippen LogP contribution is 2.14. The number of nitrogens with one attached hydrogen (secondary N) is 1. The van der Waals surface area contributed by atoms with Crippen molar-refractivity contribution in [3.63, 3.8) is 0 Å². The van der Waals surface area contributed by atoms with Crippen LogP contribution in [-0.2, 0) is 4.84 Å². The van der Waals surface area contributed by atoms with Crippen molar-refractivity contribution in [3.05, 3.63) is 6.07 Å². The number of hydrogen-bond donors (Lipinski definition) is 2. The predicted molar refractivity (Wildman–Crippen MR) is 60.6 cm³/mol. The van der Waals surface area contributed by atoms with Crippen LogP contribution in [0, 0.1) is 0 Å². The molecule has 1 rings (SSSR count). The zero-order valence-corrected chi connectivity index (χ0v) is 9.32. The molecule has 3 N–H and O–H groups in total. The SMILES string of the molecule is CCCNc1nc(N)cc(N(C)OC)n1. The number of hydrogen-bond acceptors (Lipinski definition) is 6. The maximum absolute atomic E-state index is 5.65. The van der Waals surface area contributed by atoms with Crippen LogP contribution in [0.25, 0.3) is 0 Å². The molecule has 15 heavy (non-hydrogen) atoms. The predicted octanol–water partition coefficient (Wildman–Crippen LogP) is 0.878. The number of aromatic nitrogens is 2. The molecule has 0 aliphatic carbocycles. The molecule has 0 aliphatic rings. The Hall–Kier alpha value is -1.56. The number of rotatable bonds is 5. The van der Waals surface area contributed by atoms with E-state index in [1.807, 2.05) is 0 Å². The lowest BCUT2D eigenvalue weighted by molar-refractivity contribution is 0.182. The fourth-order valence-electron chi connectivity index (χ4n) is 1.02.